The van der Waals surface area contributed by atoms with Gasteiger partial charge < -0.3 is 10.0 Å². The number of aliphatic carboxylic acids is 1. The summed E-state index contributed by atoms with van der Waals surface area (Å²) in [5.74, 6) is -2.41. The fourth-order valence-corrected chi connectivity index (χ4v) is 0.911. The van der Waals surface area contributed by atoms with Gasteiger partial charge in [0.05, 0.1) is 0 Å². The van der Waals surface area contributed by atoms with Crippen LogP contribution in [0.3, 0.4) is 0 Å². The number of carboxylic acid groups (broad SMARTS) is 1. The lowest BCUT2D eigenvalue weighted by Gasteiger charge is -2.17. The molecule has 0 aromatic carbocycles. The SMILES string of the molecule is CCC(C)(F)C(=O)C(=CN(C)C)C(=O)O. The number of carbonyl (C=O) groups excluding carboxylic acids is 1. The van der Waals surface area contributed by atoms with Crippen LogP contribution in [0.25, 0.3) is 0 Å². The van der Waals surface area contributed by atoms with E-state index in [1.807, 2.05) is 0 Å². The molecule has 1 atom stereocenters. The molecule has 0 saturated heterocycles. The molecule has 0 saturated carbocycles. The molecule has 0 heterocycles. The highest BCUT2D eigenvalue weighted by atomic mass is 19.1. The summed E-state index contributed by atoms with van der Waals surface area (Å²) >= 11 is 0. The number of rotatable bonds is 5. The molecule has 0 bridgehead atoms. The van der Waals surface area contributed by atoms with Gasteiger partial charge in [0, 0.05) is 20.3 Å². The van der Waals surface area contributed by atoms with E-state index in [1.54, 1.807) is 14.1 Å². The van der Waals surface area contributed by atoms with E-state index >= 15 is 0 Å². The molecule has 0 radical (unpaired) electrons. The van der Waals surface area contributed by atoms with Crippen molar-refractivity contribution in [2.45, 2.75) is 25.9 Å². The topological polar surface area (TPSA) is 57.6 Å². The predicted molar refractivity (Wildman–Crippen MR) is 54.2 cm³/mol. The average Bonchev–Trinajstić information content (AvgIpc) is 2.12. The lowest BCUT2D eigenvalue weighted by atomic mass is 9.94. The largest absolute Gasteiger partial charge is 0.478 e. The predicted octanol–water partition coefficient (Wildman–Crippen LogP) is 1.22. The van der Waals surface area contributed by atoms with Crippen molar-refractivity contribution in [1.29, 1.82) is 0 Å². The Balaban J connectivity index is 5.14. The molecule has 86 valence electrons. The van der Waals surface area contributed by atoms with Crippen LogP contribution in [-0.2, 0) is 9.59 Å². The van der Waals surface area contributed by atoms with Crippen LogP contribution in [0.4, 0.5) is 4.39 Å². The summed E-state index contributed by atoms with van der Waals surface area (Å²) in [5.41, 5.74) is -2.66. The second-order valence-corrected chi connectivity index (χ2v) is 3.69. The Kier molecular flexibility index (Phi) is 4.45. The summed E-state index contributed by atoms with van der Waals surface area (Å²) in [5, 5.41) is 8.77. The molecule has 4 nitrogen and oxygen atoms in total. The fraction of sp³-hybridized carbons (Fsp3) is 0.600. The van der Waals surface area contributed by atoms with Gasteiger partial charge >= 0.3 is 5.97 Å². The third-order valence-corrected chi connectivity index (χ3v) is 2.00. The zero-order valence-electron chi connectivity index (χ0n) is 9.37. The van der Waals surface area contributed by atoms with E-state index in [4.69, 9.17) is 5.11 Å². The minimum atomic E-state index is -2.12. The number of hydrogen-bond acceptors (Lipinski definition) is 3. The van der Waals surface area contributed by atoms with Crippen molar-refractivity contribution in [2.75, 3.05) is 14.1 Å². The first-order valence-corrected chi connectivity index (χ1v) is 4.57. The summed E-state index contributed by atoms with van der Waals surface area (Å²) in [4.78, 5) is 23.7. The number of hydrogen-bond donors (Lipinski definition) is 1. The van der Waals surface area contributed by atoms with Crippen LogP contribution in [0.2, 0.25) is 0 Å². The van der Waals surface area contributed by atoms with Crippen molar-refractivity contribution in [1.82, 2.24) is 4.90 Å². The normalized spacial score (nSPS) is 15.7. The Bertz CT molecular complexity index is 295. The van der Waals surface area contributed by atoms with E-state index in [9.17, 15) is 14.0 Å². The number of alkyl halides is 1. The number of nitrogens with zero attached hydrogens (tertiary/aromatic N) is 1. The summed E-state index contributed by atoms with van der Waals surface area (Å²) in [7, 11) is 3.13. The molecule has 5 heteroatoms. The molecule has 0 aromatic rings. The highest BCUT2D eigenvalue weighted by Crippen LogP contribution is 2.20. The van der Waals surface area contributed by atoms with Crippen LogP contribution >= 0.6 is 0 Å². The summed E-state index contributed by atoms with van der Waals surface area (Å²) in [6.07, 6.45) is 1.06. The second-order valence-electron chi connectivity index (χ2n) is 3.69. The number of carboxylic acids is 1. The van der Waals surface area contributed by atoms with Crippen LogP contribution < -0.4 is 0 Å². The third kappa shape index (κ3) is 3.69. The number of carbonyl (C=O) groups is 2. The molecule has 0 rings (SSSR count). The molecule has 0 aliphatic carbocycles. The standard InChI is InChI=1S/C10H16FNO3/c1-5-10(2,11)8(13)7(9(14)15)6-12(3)4/h6H,5H2,1-4H3,(H,14,15). The van der Waals surface area contributed by atoms with Crippen molar-refractivity contribution in [3.63, 3.8) is 0 Å². The Morgan fingerprint density at radius 1 is 1.47 bits per heavy atom. The van der Waals surface area contributed by atoms with Crippen molar-refractivity contribution in [3.05, 3.63) is 11.8 Å². The smallest absolute Gasteiger partial charge is 0.340 e. The number of Topliss-reactive ketones (excluding diaryl/α,β-unsaturated/α-hetero) is 1. The number of ketones is 1. The Labute approximate surface area is 88.4 Å². The molecule has 1 N–H and O–H groups in total. The molecule has 1 unspecified atom stereocenters. The van der Waals surface area contributed by atoms with Gasteiger partial charge in [-0.3, -0.25) is 4.79 Å². The number of halogens is 1. The van der Waals surface area contributed by atoms with Gasteiger partial charge in [-0.25, -0.2) is 9.18 Å². The second kappa shape index (κ2) is 4.91. The fourth-order valence-electron chi connectivity index (χ4n) is 0.911. The van der Waals surface area contributed by atoms with E-state index in [1.165, 1.54) is 11.8 Å². The lowest BCUT2D eigenvalue weighted by molar-refractivity contribution is -0.137. The minimum Gasteiger partial charge on any atom is -0.478 e. The van der Waals surface area contributed by atoms with Crippen LogP contribution in [-0.4, -0.2) is 41.5 Å². The van der Waals surface area contributed by atoms with Gasteiger partial charge in [0.15, 0.2) is 5.67 Å². The molecular formula is C10H16FNO3. The molecule has 15 heavy (non-hydrogen) atoms. The van der Waals surface area contributed by atoms with Gasteiger partial charge in [-0.2, -0.15) is 0 Å². The molecule has 0 spiro atoms. The van der Waals surface area contributed by atoms with E-state index < -0.39 is 23.0 Å². The van der Waals surface area contributed by atoms with Gasteiger partial charge in [-0.05, 0) is 13.3 Å². The quantitative estimate of drug-likeness (QED) is 0.427. The van der Waals surface area contributed by atoms with Crippen LogP contribution in [0.5, 0.6) is 0 Å². The molecule has 0 aliphatic rings. The van der Waals surface area contributed by atoms with Crippen LogP contribution in [0, 0.1) is 0 Å². The maximum Gasteiger partial charge on any atom is 0.340 e. The molecule has 0 fully saturated rings. The Hall–Kier alpha value is -1.39. The average molecular weight is 217 g/mol. The van der Waals surface area contributed by atoms with Crippen molar-refractivity contribution in [3.8, 4) is 0 Å². The van der Waals surface area contributed by atoms with Crippen LogP contribution in [0.15, 0.2) is 11.8 Å². The molecule has 0 aliphatic heterocycles. The maximum atomic E-state index is 13.6. The van der Waals surface area contributed by atoms with Gasteiger partial charge in [0.2, 0.25) is 5.78 Å². The molecule has 0 amide bonds. The zero-order chi connectivity index (χ0) is 12.2. The third-order valence-electron chi connectivity index (χ3n) is 2.00. The van der Waals surface area contributed by atoms with E-state index in [0.29, 0.717) is 0 Å². The molecule has 0 aromatic heterocycles. The lowest BCUT2D eigenvalue weighted by Crippen LogP contribution is -2.34. The van der Waals surface area contributed by atoms with Gasteiger partial charge in [0.25, 0.3) is 0 Å². The van der Waals surface area contributed by atoms with Crippen molar-refractivity contribution >= 4 is 11.8 Å². The molecular weight excluding hydrogens is 201 g/mol. The van der Waals surface area contributed by atoms with Gasteiger partial charge in [-0.15, -0.1) is 0 Å². The van der Waals surface area contributed by atoms with Crippen LogP contribution in [0.1, 0.15) is 20.3 Å². The van der Waals surface area contributed by atoms with E-state index in [2.05, 4.69) is 0 Å². The highest BCUT2D eigenvalue weighted by Gasteiger charge is 2.36. The van der Waals surface area contributed by atoms with Gasteiger partial charge in [0.1, 0.15) is 5.57 Å². The van der Waals surface area contributed by atoms with E-state index in [-0.39, 0.29) is 6.42 Å². The van der Waals surface area contributed by atoms with Crippen molar-refractivity contribution < 1.29 is 19.1 Å². The maximum absolute atomic E-state index is 13.6. The Morgan fingerprint density at radius 2 is 1.93 bits per heavy atom. The minimum absolute atomic E-state index is 0.0517. The van der Waals surface area contributed by atoms with Crippen molar-refractivity contribution in [2.24, 2.45) is 0 Å². The summed E-state index contributed by atoms with van der Waals surface area (Å²) < 4.78 is 13.6. The zero-order valence-corrected chi connectivity index (χ0v) is 9.37. The Morgan fingerprint density at radius 3 is 2.20 bits per heavy atom. The first kappa shape index (κ1) is 13.6. The first-order chi connectivity index (χ1) is 6.72. The first-order valence-electron chi connectivity index (χ1n) is 4.57. The highest BCUT2D eigenvalue weighted by molar-refractivity contribution is 6.19. The summed E-state index contributed by atoms with van der Waals surface area (Å²) in [6, 6.07) is 0. The monoisotopic (exact) mass is 217 g/mol. The van der Waals surface area contributed by atoms with Gasteiger partial charge in [-0.1, -0.05) is 6.92 Å². The summed E-state index contributed by atoms with van der Waals surface area (Å²) in [6.45, 7) is 2.58. The van der Waals surface area contributed by atoms with E-state index in [0.717, 1.165) is 13.1 Å².